The molecule has 2 aliphatic rings. The van der Waals surface area contributed by atoms with Gasteiger partial charge in [0.1, 0.15) is 11.6 Å². The molecule has 1 unspecified atom stereocenters. The highest BCUT2D eigenvalue weighted by Crippen LogP contribution is 2.49. The van der Waals surface area contributed by atoms with Crippen molar-refractivity contribution in [3.05, 3.63) is 118 Å². The van der Waals surface area contributed by atoms with Crippen molar-refractivity contribution in [3.63, 3.8) is 0 Å². The second-order valence-electron chi connectivity index (χ2n) is 11.5. The molecule has 6 rings (SSSR count). The normalized spacial score (nSPS) is 13.5. The Balaban J connectivity index is 1.45. The van der Waals surface area contributed by atoms with Crippen LogP contribution in [0.1, 0.15) is 59.6 Å². The van der Waals surface area contributed by atoms with Gasteiger partial charge < -0.3 is 20.3 Å². The van der Waals surface area contributed by atoms with Crippen molar-refractivity contribution in [3.8, 4) is 22.3 Å². The SMILES string of the molecule is CC(C)(OC(=O)NC(CC(=O)O)C(=O)O)C(c1cccc2c1Cc1ccccc1-2)c1cccc2c1Cc1ccccc1-2. The van der Waals surface area contributed by atoms with Crippen molar-refractivity contribution in [2.24, 2.45) is 0 Å². The molecule has 0 saturated carbocycles. The predicted octanol–water partition coefficient (Wildman–Crippen LogP) is 6.39. The molecular formula is C35H31NO6. The lowest BCUT2D eigenvalue weighted by molar-refractivity contribution is -0.145. The Morgan fingerprint density at radius 2 is 1.21 bits per heavy atom. The van der Waals surface area contributed by atoms with E-state index < -0.39 is 42.0 Å². The van der Waals surface area contributed by atoms with Gasteiger partial charge in [-0.15, -0.1) is 0 Å². The maximum atomic E-state index is 13.2. The number of hydrogen-bond acceptors (Lipinski definition) is 4. The van der Waals surface area contributed by atoms with Crippen LogP contribution in [0.5, 0.6) is 0 Å². The van der Waals surface area contributed by atoms with Gasteiger partial charge >= 0.3 is 18.0 Å². The third kappa shape index (κ3) is 4.81. The van der Waals surface area contributed by atoms with Gasteiger partial charge in [-0.05, 0) is 82.3 Å². The van der Waals surface area contributed by atoms with Crippen molar-refractivity contribution >= 4 is 18.0 Å². The number of carbonyl (C=O) groups excluding carboxylic acids is 1. The van der Waals surface area contributed by atoms with E-state index in [9.17, 15) is 19.5 Å². The first-order chi connectivity index (χ1) is 20.1. The number of ether oxygens (including phenoxy) is 1. The molecule has 0 aliphatic heterocycles. The largest absolute Gasteiger partial charge is 0.481 e. The van der Waals surface area contributed by atoms with Crippen LogP contribution < -0.4 is 5.32 Å². The molecule has 0 fully saturated rings. The molecule has 1 amide bonds. The van der Waals surface area contributed by atoms with Crippen LogP contribution in [-0.4, -0.2) is 39.9 Å². The third-order valence-electron chi connectivity index (χ3n) is 8.42. The van der Waals surface area contributed by atoms with Crippen LogP contribution in [0.4, 0.5) is 4.79 Å². The summed E-state index contributed by atoms with van der Waals surface area (Å²) in [6.07, 6.45) is -0.251. The third-order valence-corrected chi connectivity index (χ3v) is 8.42. The minimum absolute atomic E-state index is 0.403. The fraction of sp³-hybridized carbons (Fsp3) is 0.229. The Bertz CT molecular complexity index is 1640. The highest BCUT2D eigenvalue weighted by Gasteiger charge is 2.41. The van der Waals surface area contributed by atoms with Crippen LogP contribution in [0.25, 0.3) is 22.3 Å². The van der Waals surface area contributed by atoms with E-state index in [-0.39, 0.29) is 0 Å². The number of fused-ring (bicyclic) bond motifs is 6. The van der Waals surface area contributed by atoms with Crippen molar-refractivity contribution in [1.82, 2.24) is 5.32 Å². The number of amides is 1. The van der Waals surface area contributed by atoms with E-state index in [1.54, 1.807) is 0 Å². The first-order valence-corrected chi connectivity index (χ1v) is 14.0. The highest BCUT2D eigenvalue weighted by atomic mass is 16.6. The first-order valence-electron chi connectivity index (χ1n) is 14.0. The van der Waals surface area contributed by atoms with Crippen molar-refractivity contribution in [2.45, 2.75) is 50.7 Å². The van der Waals surface area contributed by atoms with E-state index >= 15 is 0 Å². The maximum absolute atomic E-state index is 13.2. The van der Waals surface area contributed by atoms with Gasteiger partial charge in [0.05, 0.1) is 6.42 Å². The zero-order valence-electron chi connectivity index (χ0n) is 23.4. The molecular weight excluding hydrogens is 530 g/mol. The average molecular weight is 562 g/mol. The molecule has 2 aliphatic carbocycles. The number of aliphatic carboxylic acids is 2. The number of carboxylic acid groups (broad SMARTS) is 2. The number of carbonyl (C=O) groups is 3. The lowest BCUT2D eigenvalue weighted by Gasteiger charge is -2.37. The van der Waals surface area contributed by atoms with Gasteiger partial charge in [-0.3, -0.25) is 4.79 Å². The molecule has 7 nitrogen and oxygen atoms in total. The Hall–Kier alpha value is -4.91. The van der Waals surface area contributed by atoms with Crippen molar-refractivity contribution in [2.75, 3.05) is 0 Å². The van der Waals surface area contributed by atoms with Crippen molar-refractivity contribution in [1.29, 1.82) is 0 Å². The molecule has 1 atom stereocenters. The topological polar surface area (TPSA) is 113 Å². The molecule has 0 bridgehead atoms. The zero-order chi connectivity index (χ0) is 29.6. The number of rotatable bonds is 8. The Morgan fingerprint density at radius 1 is 0.738 bits per heavy atom. The molecule has 3 N–H and O–H groups in total. The van der Waals surface area contributed by atoms with Crippen LogP contribution in [-0.2, 0) is 27.2 Å². The molecule has 212 valence electrons. The predicted molar refractivity (Wildman–Crippen MR) is 159 cm³/mol. The van der Waals surface area contributed by atoms with Gasteiger partial charge in [0.2, 0.25) is 0 Å². The fourth-order valence-electron chi connectivity index (χ4n) is 6.67. The summed E-state index contributed by atoms with van der Waals surface area (Å²) in [5, 5.41) is 20.9. The lowest BCUT2D eigenvalue weighted by Crippen LogP contribution is -2.46. The van der Waals surface area contributed by atoms with Crippen LogP contribution >= 0.6 is 0 Å². The summed E-state index contributed by atoms with van der Waals surface area (Å²) in [6.45, 7) is 3.65. The quantitative estimate of drug-likeness (QED) is 0.198. The molecule has 4 aromatic carbocycles. The molecule has 0 heterocycles. The number of benzene rings is 4. The molecule has 0 radical (unpaired) electrons. The molecule has 7 heteroatoms. The summed E-state index contributed by atoms with van der Waals surface area (Å²) in [5.41, 5.74) is 10.4. The molecule has 0 spiro atoms. The van der Waals surface area contributed by atoms with E-state index in [1.165, 1.54) is 33.4 Å². The Morgan fingerprint density at radius 3 is 1.69 bits per heavy atom. The smallest absolute Gasteiger partial charge is 0.408 e. The summed E-state index contributed by atoms with van der Waals surface area (Å²) < 4.78 is 6.04. The van der Waals surface area contributed by atoms with E-state index in [0.717, 1.165) is 35.1 Å². The number of hydrogen-bond donors (Lipinski definition) is 3. The monoisotopic (exact) mass is 561 g/mol. The summed E-state index contributed by atoms with van der Waals surface area (Å²) in [7, 11) is 0. The summed E-state index contributed by atoms with van der Waals surface area (Å²) in [6, 6.07) is 27.5. The Labute approximate surface area is 243 Å². The van der Waals surface area contributed by atoms with Gasteiger partial charge in [0, 0.05) is 5.92 Å². The molecule has 0 saturated heterocycles. The standard InChI is InChI=1S/C35H31NO6/c1-35(2,42-34(41)36-30(33(39)40)19-31(37)38)32(26-15-7-13-24-22-11-5-3-9-20(22)17-28(24)26)27-16-8-14-25-23-12-6-4-10-21(23)18-29(25)27/h3-16,30,32H,17-19H2,1-2H3,(H,36,41)(H,37,38)(H,39,40). The molecule has 0 aromatic heterocycles. The highest BCUT2D eigenvalue weighted by molar-refractivity contribution is 5.85. The second kappa shape index (κ2) is 10.5. The summed E-state index contributed by atoms with van der Waals surface area (Å²) in [5.74, 6) is -3.18. The minimum Gasteiger partial charge on any atom is -0.481 e. The van der Waals surface area contributed by atoms with Crippen LogP contribution in [0.15, 0.2) is 84.9 Å². The van der Waals surface area contributed by atoms with Crippen LogP contribution in [0, 0.1) is 0 Å². The number of nitrogens with one attached hydrogen (secondary N) is 1. The molecule has 4 aromatic rings. The van der Waals surface area contributed by atoms with Crippen LogP contribution in [0.2, 0.25) is 0 Å². The van der Waals surface area contributed by atoms with Crippen LogP contribution in [0.3, 0.4) is 0 Å². The zero-order valence-corrected chi connectivity index (χ0v) is 23.4. The van der Waals surface area contributed by atoms with E-state index in [2.05, 4.69) is 53.8 Å². The van der Waals surface area contributed by atoms with Crippen molar-refractivity contribution < 1.29 is 29.3 Å². The summed E-state index contributed by atoms with van der Waals surface area (Å²) in [4.78, 5) is 36.0. The van der Waals surface area contributed by atoms with E-state index in [0.29, 0.717) is 0 Å². The number of carboxylic acids is 2. The second-order valence-corrected chi connectivity index (χ2v) is 11.5. The molecule has 42 heavy (non-hydrogen) atoms. The van der Waals surface area contributed by atoms with E-state index in [1.807, 2.05) is 50.2 Å². The first kappa shape index (κ1) is 27.3. The van der Waals surface area contributed by atoms with Gasteiger partial charge in [0.15, 0.2) is 0 Å². The number of alkyl carbamates (subject to hydrolysis) is 1. The van der Waals surface area contributed by atoms with Gasteiger partial charge in [-0.1, -0.05) is 84.9 Å². The average Bonchev–Trinajstić information content (AvgIpc) is 3.52. The van der Waals surface area contributed by atoms with Gasteiger partial charge in [-0.2, -0.15) is 0 Å². The fourth-order valence-corrected chi connectivity index (χ4v) is 6.67. The minimum atomic E-state index is -1.62. The lowest BCUT2D eigenvalue weighted by atomic mass is 9.74. The Kier molecular flexibility index (Phi) is 6.81. The van der Waals surface area contributed by atoms with Gasteiger partial charge in [0.25, 0.3) is 0 Å². The van der Waals surface area contributed by atoms with Gasteiger partial charge in [-0.25, -0.2) is 9.59 Å². The van der Waals surface area contributed by atoms with E-state index in [4.69, 9.17) is 9.84 Å². The maximum Gasteiger partial charge on any atom is 0.408 e. The summed E-state index contributed by atoms with van der Waals surface area (Å²) >= 11 is 0.